The molecule has 0 aliphatic rings. The Kier molecular flexibility index (Phi) is 41.2. The van der Waals surface area contributed by atoms with Crippen LogP contribution in [0.2, 0.25) is 0 Å². The van der Waals surface area contributed by atoms with E-state index in [0.29, 0.717) is 13.2 Å². The second-order valence-electron chi connectivity index (χ2n) is 12.0. The third kappa shape index (κ3) is 44.7. The first kappa shape index (κ1) is 40.6. The van der Waals surface area contributed by atoms with Crippen molar-refractivity contribution in [2.45, 2.75) is 213 Å². The summed E-state index contributed by atoms with van der Waals surface area (Å²) in [7, 11) is 0. The molecule has 0 unspecified atom stereocenters. The largest absolute Gasteiger partial charge is 0.466 e. The second-order valence-corrected chi connectivity index (χ2v) is 12.0. The van der Waals surface area contributed by atoms with E-state index in [0.717, 1.165) is 12.8 Å². The van der Waals surface area contributed by atoms with Gasteiger partial charge in [0.05, 0.1) is 6.61 Å². The molecule has 0 saturated heterocycles. The zero-order valence-corrected chi connectivity index (χ0v) is 27.4. The molecule has 1 N–H and O–H groups in total. The lowest BCUT2D eigenvalue weighted by Gasteiger charge is -2.03. The number of carbonyl (C=O) groups excluding carboxylic acids is 1. The van der Waals surface area contributed by atoms with Crippen molar-refractivity contribution >= 4 is 5.97 Å². The summed E-state index contributed by atoms with van der Waals surface area (Å²) >= 11 is 0. The van der Waals surface area contributed by atoms with Crippen LogP contribution >= 0.6 is 0 Å². The number of carbonyl (C=O) groups is 1. The minimum Gasteiger partial charge on any atom is -0.466 e. The minimum absolute atomic E-state index is 0.153. The lowest BCUT2D eigenvalue weighted by molar-refractivity contribution is -0.141. The highest BCUT2D eigenvalue weighted by Crippen LogP contribution is 2.14. The molecule has 0 aliphatic carbocycles. The number of rotatable bonds is 31. The topological polar surface area (TPSA) is 46.5 Å². The van der Waals surface area contributed by atoms with Gasteiger partial charge in [0.2, 0.25) is 0 Å². The van der Waals surface area contributed by atoms with Crippen molar-refractivity contribution in [3.63, 3.8) is 0 Å². The lowest BCUT2D eigenvalue weighted by atomic mass is 10.0. The van der Waals surface area contributed by atoms with Gasteiger partial charge < -0.3 is 9.84 Å². The summed E-state index contributed by atoms with van der Waals surface area (Å²) in [6.07, 6.45) is 41.2. The normalized spacial score (nSPS) is 10.9. The zero-order chi connectivity index (χ0) is 28.9. The summed E-state index contributed by atoms with van der Waals surface area (Å²) in [5.41, 5.74) is 0. The Balaban J connectivity index is 0. The Morgan fingerprint density at radius 2 is 0.641 bits per heavy atom. The maximum absolute atomic E-state index is 10.6. The molecule has 0 heterocycles. The quantitative estimate of drug-likeness (QED) is 0.0684. The Morgan fingerprint density at radius 1 is 0.410 bits per heavy atom. The minimum atomic E-state index is -0.153. The van der Waals surface area contributed by atoms with E-state index in [-0.39, 0.29) is 5.97 Å². The molecule has 3 nitrogen and oxygen atoms in total. The van der Waals surface area contributed by atoms with Crippen molar-refractivity contribution in [2.75, 3.05) is 13.2 Å². The lowest BCUT2D eigenvalue weighted by Crippen LogP contribution is -2.00. The van der Waals surface area contributed by atoms with Gasteiger partial charge in [0.1, 0.15) is 0 Å². The highest BCUT2D eigenvalue weighted by Gasteiger charge is 1.96. The van der Waals surface area contributed by atoms with E-state index in [1.807, 2.05) is 0 Å². The molecule has 0 fully saturated rings. The SMILES string of the molecule is CCCCCCCCCCCCCCCCCCO.CCCCCCCCCCCCCCCCOC(C)=O. The Labute approximate surface area is 247 Å². The zero-order valence-electron chi connectivity index (χ0n) is 27.4. The molecule has 0 aromatic heterocycles. The molecular weight excluding hydrogens is 480 g/mol. The van der Waals surface area contributed by atoms with E-state index in [4.69, 9.17) is 9.84 Å². The summed E-state index contributed by atoms with van der Waals surface area (Å²) in [5, 5.41) is 8.67. The fourth-order valence-electron chi connectivity index (χ4n) is 5.17. The highest BCUT2D eigenvalue weighted by molar-refractivity contribution is 5.65. The van der Waals surface area contributed by atoms with E-state index in [1.54, 1.807) is 0 Å². The predicted molar refractivity (Wildman–Crippen MR) is 174 cm³/mol. The fraction of sp³-hybridized carbons (Fsp3) is 0.972. The molecule has 3 heteroatoms. The van der Waals surface area contributed by atoms with Gasteiger partial charge in [-0.15, -0.1) is 0 Å². The molecule has 0 rings (SSSR count). The van der Waals surface area contributed by atoms with E-state index < -0.39 is 0 Å². The molecule has 0 aliphatic heterocycles. The number of esters is 1. The predicted octanol–water partition coefficient (Wildman–Crippen LogP) is 12.3. The van der Waals surface area contributed by atoms with Gasteiger partial charge in [-0.25, -0.2) is 0 Å². The third-order valence-electron chi connectivity index (χ3n) is 7.81. The number of aliphatic hydroxyl groups is 1. The molecule has 0 aromatic carbocycles. The van der Waals surface area contributed by atoms with E-state index in [1.165, 1.54) is 187 Å². The van der Waals surface area contributed by atoms with Crippen LogP contribution in [0.4, 0.5) is 0 Å². The number of hydrogen-bond acceptors (Lipinski definition) is 3. The first-order chi connectivity index (χ1) is 19.2. The number of aliphatic hydroxyl groups excluding tert-OH is 1. The van der Waals surface area contributed by atoms with Crippen molar-refractivity contribution < 1.29 is 14.6 Å². The van der Waals surface area contributed by atoms with Gasteiger partial charge in [-0.3, -0.25) is 4.79 Å². The molecule has 0 bridgehead atoms. The molecule has 0 spiro atoms. The van der Waals surface area contributed by atoms with Crippen LogP contribution in [0.3, 0.4) is 0 Å². The molecule has 0 atom stereocenters. The number of hydrogen-bond donors (Lipinski definition) is 1. The van der Waals surface area contributed by atoms with Crippen LogP contribution in [0, 0.1) is 0 Å². The van der Waals surface area contributed by atoms with E-state index in [9.17, 15) is 4.79 Å². The molecule has 236 valence electrons. The van der Waals surface area contributed by atoms with Gasteiger partial charge in [0, 0.05) is 13.5 Å². The standard InChI is InChI=1S/C18H36O2.C18H38O/c1-3-4-5-6-7-8-9-10-11-12-13-14-15-16-17-20-18(2)19;1-2-3-4-5-6-7-8-9-10-11-12-13-14-15-16-17-18-19/h3-17H2,1-2H3;19H,2-18H2,1H3. The Morgan fingerprint density at radius 3 is 0.872 bits per heavy atom. The van der Waals surface area contributed by atoms with Gasteiger partial charge in [-0.1, -0.05) is 194 Å². The maximum Gasteiger partial charge on any atom is 0.302 e. The first-order valence-electron chi connectivity index (χ1n) is 17.9. The van der Waals surface area contributed by atoms with Gasteiger partial charge >= 0.3 is 5.97 Å². The molecule has 0 aromatic rings. The molecule has 0 amide bonds. The fourth-order valence-corrected chi connectivity index (χ4v) is 5.17. The van der Waals surface area contributed by atoms with Gasteiger partial charge in [0.15, 0.2) is 0 Å². The smallest absolute Gasteiger partial charge is 0.302 e. The Bertz CT molecular complexity index is 408. The van der Waals surface area contributed by atoms with Crippen LogP contribution < -0.4 is 0 Å². The van der Waals surface area contributed by atoms with Crippen molar-refractivity contribution in [3.8, 4) is 0 Å². The summed E-state index contributed by atoms with van der Waals surface area (Å²) in [6, 6.07) is 0. The first-order valence-corrected chi connectivity index (χ1v) is 17.9. The second kappa shape index (κ2) is 39.6. The summed E-state index contributed by atoms with van der Waals surface area (Å²) in [6.45, 7) is 7.01. The van der Waals surface area contributed by atoms with Crippen LogP contribution in [0.25, 0.3) is 0 Å². The van der Waals surface area contributed by atoms with Crippen molar-refractivity contribution in [3.05, 3.63) is 0 Å². The van der Waals surface area contributed by atoms with Gasteiger partial charge in [0.25, 0.3) is 0 Å². The van der Waals surface area contributed by atoms with Crippen LogP contribution in [0.5, 0.6) is 0 Å². The van der Waals surface area contributed by atoms with E-state index in [2.05, 4.69) is 13.8 Å². The maximum atomic E-state index is 10.6. The molecule has 0 radical (unpaired) electrons. The number of unbranched alkanes of at least 4 members (excludes halogenated alkanes) is 28. The molecule has 0 saturated carbocycles. The van der Waals surface area contributed by atoms with Gasteiger partial charge in [-0.2, -0.15) is 0 Å². The highest BCUT2D eigenvalue weighted by atomic mass is 16.5. The average Bonchev–Trinajstić information content (AvgIpc) is 2.93. The van der Waals surface area contributed by atoms with Crippen molar-refractivity contribution in [1.82, 2.24) is 0 Å². The summed E-state index contributed by atoms with van der Waals surface area (Å²) < 4.78 is 4.91. The van der Waals surface area contributed by atoms with Crippen LogP contribution in [0.1, 0.15) is 213 Å². The number of ether oxygens (including phenoxy) is 1. The van der Waals surface area contributed by atoms with Gasteiger partial charge in [-0.05, 0) is 12.8 Å². The molecule has 39 heavy (non-hydrogen) atoms. The van der Waals surface area contributed by atoms with Crippen LogP contribution in [-0.4, -0.2) is 24.3 Å². The van der Waals surface area contributed by atoms with Crippen LogP contribution in [0.15, 0.2) is 0 Å². The van der Waals surface area contributed by atoms with E-state index >= 15 is 0 Å². The van der Waals surface area contributed by atoms with Crippen molar-refractivity contribution in [1.29, 1.82) is 0 Å². The Hall–Kier alpha value is -0.570. The molecular formula is C36H74O3. The summed E-state index contributed by atoms with van der Waals surface area (Å²) in [5.74, 6) is -0.153. The average molecular weight is 555 g/mol. The van der Waals surface area contributed by atoms with Crippen molar-refractivity contribution in [2.24, 2.45) is 0 Å². The van der Waals surface area contributed by atoms with Crippen LogP contribution in [-0.2, 0) is 9.53 Å². The monoisotopic (exact) mass is 555 g/mol. The summed E-state index contributed by atoms with van der Waals surface area (Å²) in [4.78, 5) is 10.6. The third-order valence-corrected chi connectivity index (χ3v) is 7.81.